The minimum Gasteiger partial charge on any atom is -0.379 e. The average Bonchev–Trinajstić information content (AvgIpc) is 2.35. The number of halogens is 1. The first kappa shape index (κ1) is 15.2. The van der Waals surface area contributed by atoms with Crippen LogP contribution in [0.2, 0.25) is 0 Å². The van der Waals surface area contributed by atoms with Gasteiger partial charge in [-0.2, -0.15) is 12.7 Å². The number of rotatable bonds is 8. The van der Waals surface area contributed by atoms with Crippen molar-refractivity contribution >= 4 is 21.8 Å². The van der Waals surface area contributed by atoms with Crippen molar-refractivity contribution in [2.45, 2.75) is 25.7 Å². The van der Waals surface area contributed by atoms with Crippen molar-refractivity contribution in [1.82, 2.24) is 9.03 Å². The van der Waals surface area contributed by atoms with E-state index in [1.54, 1.807) is 0 Å². The third-order valence-electron chi connectivity index (χ3n) is 2.65. The van der Waals surface area contributed by atoms with Gasteiger partial charge in [0.25, 0.3) is 10.2 Å². The number of hydrogen-bond acceptors (Lipinski definition) is 3. The highest BCUT2D eigenvalue weighted by atomic mass is 35.5. The molecule has 0 saturated carbocycles. The van der Waals surface area contributed by atoms with Gasteiger partial charge in [-0.15, -0.1) is 11.6 Å². The summed E-state index contributed by atoms with van der Waals surface area (Å²) < 4.78 is 32.8. The van der Waals surface area contributed by atoms with Crippen LogP contribution in [0.3, 0.4) is 0 Å². The second-order valence-electron chi connectivity index (χ2n) is 4.01. The molecule has 5 nitrogen and oxygen atoms in total. The lowest BCUT2D eigenvalue weighted by molar-refractivity contribution is 0.0725. The molecule has 102 valence electrons. The van der Waals surface area contributed by atoms with E-state index in [0.29, 0.717) is 38.7 Å². The van der Waals surface area contributed by atoms with Crippen LogP contribution in [0.15, 0.2) is 0 Å². The predicted molar refractivity (Wildman–Crippen MR) is 68.5 cm³/mol. The molecule has 0 aromatic rings. The first-order valence-corrected chi connectivity index (χ1v) is 8.03. The first-order valence-electron chi connectivity index (χ1n) is 6.05. The van der Waals surface area contributed by atoms with Gasteiger partial charge in [0, 0.05) is 25.5 Å². The van der Waals surface area contributed by atoms with Crippen LogP contribution in [-0.4, -0.2) is 51.5 Å². The van der Waals surface area contributed by atoms with Gasteiger partial charge in [0.2, 0.25) is 0 Å². The molecule has 1 heterocycles. The van der Waals surface area contributed by atoms with Gasteiger partial charge in [-0.05, 0) is 12.8 Å². The summed E-state index contributed by atoms with van der Waals surface area (Å²) in [6, 6.07) is 0. The quantitative estimate of drug-likeness (QED) is 0.533. The Balaban J connectivity index is 2.15. The fourth-order valence-electron chi connectivity index (χ4n) is 1.65. The third-order valence-corrected chi connectivity index (χ3v) is 4.54. The molecule has 1 aliphatic heterocycles. The minimum atomic E-state index is -3.30. The van der Waals surface area contributed by atoms with Crippen molar-refractivity contribution in [2.24, 2.45) is 0 Å². The smallest absolute Gasteiger partial charge is 0.279 e. The maximum atomic E-state index is 11.8. The number of hydrogen-bond donors (Lipinski definition) is 1. The van der Waals surface area contributed by atoms with Crippen molar-refractivity contribution in [3.8, 4) is 0 Å². The molecular formula is C10H21ClN2O3S. The summed E-state index contributed by atoms with van der Waals surface area (Å²) in [5.74, 6) is 0.680. The summed E-state index contributed by atoms with van der Waals surface area (Å²) in [5, 5.41) is 0. The molecule has 0 aromatic heterocycles. The van der Waals surface area contributed by atoms with E-state index < -0.39 is 10.2 Å². The predicted octanol–water partition coefficient (Wildman–Crippen LogP) is 0.952. The summed E-state index contributed by atoms with van der Waals surface area (Å²) in [4.78, 5) is 0. The van der Waals surface area contributed by atoms with Crippen molar-refractivity contribution in [1.29, 1.82) is 0 Å². The zero-order valence-corrected chi connectivity index (χ0v) is 11.6. The maximum absolute atomic E-state index is 11.8. The van der Waals surface area contributed by atoms with Crippen LogP contribution in [0.5, 0.6) is 0 Å². The molecule has 0 unspecified atom stereocenters. The van der Waals surface area contributed by atoms with Crippen molar-refractivity contribution < 1.29 is 13.2 Å². The normalized spacial score (nSPS) is 18.4. The average molecular weight is 285 g/mol. The SMILES string of the molecule is O=S(=O)(NCCCCCCCl)N1CCOCC1. The van der Waals surface area contributed by atoms with Gasteiger partial charge in [-0.1, -0.05) is 12.8 Å². The summed E-state index contributed by atoms with van der Waals surface area (Å²) in [5.41, 5.74) is 0. The monoisotopic (exact) mass is 284 g/mol. The van der Waals surface area contributed by atoms with E-state index in [-0.39, 0.29) is 0 Å². The zero-order valence-electron chi connectivity index (χ0n) is 10.0. The Morgan fingerprint density at radius 2 is 1.76 bits per heavy atom. The molecule has 0 radical (unpaired) electrons. The number of morpholine rings is 1. The molecule has 1 N–H and O–H groups in total. The van der Waals surface area contributed by atoms with Gasteiger partial charge < -0.3 is 4.74 Å². The Morgan fingerprint density at radius 3 is 2.41 bits per heavy atom. The van der Waals surface area contributed by atoms with Gasteiger partial charge in [0.05, 0.1) is 13.2 Å². The standard InChI is InChI=1S/C10H21ClN2O3S/c11-5-3-1-2-4-6-12-17(14,15)13-7-9-16-10-8-13/h12H,1-10H2. The minimum absolute atomic E-state index is 0.446. The van der Waals surface area contributed by atoms with E-state index in [4.69, 9.17) is 16.3 Å². The molecule has 1 fully saturated rings. The van der Waals surface area contributed by atoms with Crippen LogP contribution >= 0.6 is 11.6 Å². The van der Waals surface area contributed by atoms with Crippen molar-refractivity contribution in [3.63, 3.8) is 0 Å². The van der Waals surface area contributed by atoms with E-state index in [2.05, 4.69) is 4.72 Å². The van der Waals surface area contributed by atoms with Crippen molar-refractivity contribution in [2.75, 3.05) is 38.7 Å². The van der Waals surface area contributed by atoms with Gasteiger partial charge in [0.1, 0.15) is 0 Å². The Morgan fingerprint density at radius 1 is 1.12 bits per heavy atom. The van der Waals surface area contributed by atoms with Crippen LogP contribution in [-0.2, 0) is 14.9 Å². The van der Waals surface area contributed by atoms with Crippen molar-refractivity contribution in [3.05, 3.63) is 0 Å². The molecule has 1 rings (SSSR count). The van der Waals surface area contributed by atoms with Crippen LogP contribution < -0.4 is 4.72 Å². The van der Waals surface area contributed by atoms with Gasteiger partial charge >= 0.3 is 0 Å². The fraction of sp³-hybridized carbons (Fsp3) is 1.00. The molecule has 7 heteroatoms. The number of alkyl halides is 1. The zero-order chi connectivity index (χ0) is 12.6. The molecule has 1 saturated heterocycles. The summed E-state index contributed by atoms with van der Waals surface area (Å²) in [6.45, 7) is 2.36. The Hall–Kier alpha value is 0.120. The lowest BCUT2D eigenvalue weighted by atomic mass is 10.2. The van der Waals surface area contributed by atoms with E-state index in [0.717, 1.165) is 25.7 Å². The topological polar surface area (TPSA) is 58.6 Å². The summed E-state index contributed by atoms with van der Waals surface area (Å²) in [6.07, 6.45) is 3.93. The lowest BCUT2D eigenvalue weighted by Gasteiger charge is -2.26. The van der Waals surface area contributed by atoms with Gasteiger partial charge in [-0.3, -0.25) is 0 Å². The molecule has 0 aromatic carbocycles. The molecule has 17 heavy (non-hydrogen) atoms. The third kappa shape index (κ3) is 6.01. The van der Waals surface area contributed by atoms with E-state index >= 15 is 0 Å². The van der Waals surface area contributed by atoms with E-state index in [1.807, 2.05) is 0 Å². The van der Waals surface area contributed by atoms with Crippen LogP contribution in [0.4, 0.5) is 0 Å². The van der Waals surface area contributed by atoms with E-state index in [1.165, 1.54) is 4.31 Å². The number of nitrogens with zero attached hydrogens (tertiary/aromatic N) is 1. The first-order chi connectivity index (χ1) is 8.17. The van der Waals surface area contributed by atoms with Crippen LogP contribution in [0.25, 0.3) is 0 Å². The Labute approximate surface area is 109 Å². The molecule has 0 spiro atoms. The summed E-state index contributed by atoms with van der Waals surface area (Å²) in [7, 11) is -3.30. The molecule has 0 bridgehead atoms. The Bertz CT molecular complexity index is 292. The molecule has 0 atom stereocenters. The number of unbranched alkanes of at least 4 members (excludes halogenated alkanes) is 3. The number of nitrogens with one attached hydrogen (secondary N) is 1. The Kier molecular flexibility index (Phi) is 7.38. The summed E-state index contributed by atoms with van der Waals surface area (Å²) >= 11 is 5.56. The maximum Gasteiger partial charge on any atom is 0.279 e. The molecule has 1 aliphatic rings. The van der Waals surface area contributed by atoms with Gasteiger partial charge in [-0.25, -0.2) is 4.72 Å². The van der Waals surface area contributed by atoms with Crippen LogP contribution in [0, 0.1) is 0 Å². The highest BCUT2D eigenvalue weighted by molar-refractivity contribution is 7.87. The van der Waals surface area contributed by atoms with E-state index in [9.17, 15) is 8.42 Å². The molecule has 0 aliphatic carbocycles. The highest BCUT2D eigenvalue weighted by Crippen LogP contribution is 2.04. The number of ether oxygens (including phenoxy) is 1. The van der Waals surface area contributed by atoms with Gasteiger partial charge in [0.15, 0.2) is 0 Å². The fourth-order valence-corrected chi connectivity index (χ4v) is 3.06. The molecule has 0 amide bonds. The largest absolute Gasteiger partial charge is 0.379 e. The highest BCUT2D eigenvalue weighted by Gasteiger charge is 2.23. The lowest BCUT2D eigenvalue weighted by Crippen LogP contribution is -2.46. The van der Waals surface area contributed by atoms with Crippen LogP contribution in [0.1, 0.15) is 25.7 Å². The second-order valence-corrected chi connectivity index (χ2v) is 6.15. The second kappa shape index (κ2) is 8.26. The molecular weight excluding hydrogens is 264 g/mol.